The van der Waals surface area contributed by atoms with Gasteiger partial charge in [-0.25, -0.2) is 4.98 Å². The van der Waals surface area contributed by atoms with Crippen LogP contribution in [0.25, 0.3) is 0 Å². The van der Waals surface area contributed by atoms with Crippen molar-refractivity contribution < 1.29 is 4.74 Å². The van der Waals surface area contributed by atoms with Gasteiger partial charge in [0.05, 0.1) is 5.69 Å². The molecule has 3 heteroatoms. The predicted octanol–water partition coefficient (Wildman–Crippen LogP) is 2.36. The van der Waals surface area contributed by atoms with E-state index in [1.807, 2.05) is 43.3 Å². The standard InChI is InChI=1S/C12H12N2O/c1-10-5-4-6-11(14-10)9-15-12-7-2-3-8-13-12/h2-8H,9H2,1H3. The van der Waals surface area contributed by atoms with Crippen molar-refractivity contribution >= 4 is 0 Å². The molecule has 0 N–H and O–H groups in total. The summed E-state index contributed by atoms with van der Waals surface area (Å²) < 4.78 is 5.47. The molecule has 0 aliphatic carbocycles. The van der Waals surface area contributed by atoms with E-state index in [0.717, 1.165) is 11.4 Å². The van der Waals surface area contributed by atoms with Gasteiger partial charge in [0, 0.05) is 18.0 Å². The van der Waals surface area contributed by atoms with E-state index in [9.17, 15) is 0 Å². The minimum Gasteiger partial charge on any atom is -0.471 e. The van der Waals surface area contributed by atoms with Gasteiger partial charge < -0.3 is 4.74 Å². The van der Waals surface area contributed by atoms with Crippen LogP contribution in [0.3, 0.4) is 0 Å². The van der Waals surface area contributed by atoms with Crippen molar-refractivity contribution in [2.45, 2.75) is 13.5 Å². The molecule has 0 saturated carbocycles. The van der Waals surface area contributed by atoms with Gasteiger partial charge in [-0.3, -0.25) is 4.98 Å². The Labute approximate surface area is 88.8 Å². The number of aromatic nitrogens is 2. The van der Waals surface area contributed by atoms with Crippen molar-refractivity contribution in [3.63, 3.8) is 0 Å². The predicted molar refractivity (Wildman–Crippen MR) is 57.5 cm³/mol. The van der Waals surface area contributed by atoms with Crippen molar-refractivity contribution in [2.24, 2.45) is 0 Å². The lowest BCUT2D eigenvalue weighted by Gasteiger charge is -2.04. The smallest absolute Gasteiger partial charge is 0.213 e. The van der Waals surface area contributed by atoms with Crippen LogP contribution in [0.15, 0.2) is 42.6 Å². The largest absolute Gasteiger partial charge is 0.471 e. The summed E-state index contributed by atoms with van der Waals surface area (Å²) in [6.45, 7) is 2.42. The lowest BCUT2D eigenvalue weighted by Crippen LogP contribution is -1.99. The van der Waals surface area contributed by atoms with Gasteiger partial charge in [-0.05, 0) is 25.1 Å². The highest BCUT2D eigenvalue weighted by Crippen LogP contribution is 2.06. The normalized spacial score (nSPS) is 9.93. The van der Waals surface area contributed by atoms with Crippen molar-refractivity contribution in [2.75, 3.05) is 0 Å². The lowest BCUT2D eigenvalue weighted by atomic mass is 10.3. The van der Waals surface area contributed by atoms with Crippen LogP contribution in [-0.2, 0) is 6.61 Å². The van der Waals surface area contributed by atoms with E-state index in [2.05, 4.69) is 9.97 Å². The highest BCUT2D eigenvalue weighted by atomic mass is 16.5. The van der Waals surface area contributed by atoms with Gasteiger partial charge in [-0.1, -0.05) is 12.1 Å². The van der Waals surface area contributed by atoms with Crippen LogP contribution in [0.2, 0.25) is 0 Å². The fraction of sp³-hybridized carbons (Fsp3) is 0.167. The van der Waals surface area contributed by atoms with Gasteiger partial charge in [-0.2, -0.15) is 0 Å². The van der Waals surface area contributed by atoms with Gasteiger partial charge in [0.1, 0.15) is 6.61 Å². The first kappa shape index (κ1) is 9.65. The summed E-state index contributed by atoms with van der Waals surface area (Å²) in [5, 5.41) is 0. The number of hydrogen-bond donors (Lipinski definition) is 0. The summed E-state index contributed by atoms with van der Waals surface area (Å²) in [7, 11) is 0. The Kier molecular flexibility index (Phi) is 2.93. The molecule has 0 amide bonds. The fourth-order valence-electron chi connectivity index (χ4n) is 1.26. The zero-order valence-corrected chi connectivity index (χ0v) is 8.55. The van der Waals surface area contributed by atoms with Crippen LogP contribution in [0.4, 0.5) is 0 Å². The zero-order chi connectivity index (χ0) is 10.5. The average molecular weight is 200 g/mol. The summed E-state index contributed by atoms with van der Waals surface area (Å²) in [4.78, 5) is 8.40. The van der Waals surface area contributed by atoms with Crippen LogP contribution in [0, 0.1) is 6.92 Å². The molecule has 0 spiro atoms. The molecule has 2 aromatic rings. The summed E-state index contributed by atoms with van der Waals surface area (Å²) in [6.07, 6.45) is 1.71. The molecule has 76 valence electrons. The van der Waals surface area contributed by atoms with Gasteiger partial charge in [-0.15, -0.1) is 0 Å². The molecule has 0 unspecified atom stereocenters. The molecule has 2 aromatic heterocycles. The Balaban J connectivity index is 1.99. The maximum absolute atomic E-state index is 5.47. The number of aryl methyl sites for hydroxylation is 1. The van der Waals surface area contributed by atoms with Crippen molar-refractivity contribution in [3.05, 3.63) is 54.0 Å². The van der Waals surface area contributed by atoms with E-state index in [1.165, 1.54) is 0 Å². The molecule has 0 atom stereocenters. The van der Waals surface area contributed by atoms with Crippen LogP contribution in [-0.4, -0.2) is 9.97 Å². The Morgan fingerprint density at radius 1 is 1.13 bits per heavy atom. The van der Waals surface area contributed by atoms with Gasteiger partial charge >= 0.3 is 0 Å². The maximum atomic E-state index is 5.47. The second-order valence-corrected chi connectivity index (χ2v) is 3.23. The maximum Gasteiger partial charge on any atom is 0.213 e. The minimum atomic E-state index is 0.457. The third kappa shape index (κ3) is 2.77. The molecule has 15 heavy (non-hydrogen) atoms. The summed E-state index contributed by atoms with van der Waals surface area (Å²) in [5.41, 5.74) is 1.91. The van der Waals surface area contributed by atoms with Crippen LogP contribution in [0.5, 0.6) is 5.88 Å². The lowest BCUT2D eigenvalue weighted by molar-refractivity contribution is 0.289. The molecular weight excluding hydrogens is 188 g/mol. The third-order valence-corrected chi connectivity index (χ3v) is 1.95. The number of nitrogens with zero attached hydrogens (tertiary/aromatic N) is 2. The zero-order valence-electron chi connectivity index (χ0n) is 8.55. The average Bonchev–Trinajstić information content (AvgIpc) is 2.28. The van der Waals surface area contributed by atoms with E-state index in [0.29, 0.717) is 12.5 Å². The van der Waals surface area contributed by atoms with Crippen molar-refractivity contribution in [1.29, 1.82) is 0 Å². The van der Waals surface area contributed by atoms with E-state index < -0.39 is 0 Å². The molecule has 0 radical (unpaired) electrons. The highest BCUT2D eigenvalue weighted by molar-refractivity contribution is 5.12. The second kappa shape index (κ2) is 4.55. The SMILES string of the molecule is Cc1cccc(COc2ccccn2)n1. The Hall–Kier alpha value is -1.90. The van der Waals surface area contributed by atoms with Gasteiger partial charge in [0.25, 0.3) is 0 Å². The molecule has 0 aliphatic rings. The molecule has 0 fully saturated rings. The number of rotatable bonds is 3. The van der Waals surface area contributed by atoms with E-state index in [1.54, 1.807) is 6.20 Å². The molecule has 3 nitrogen and oxygen atoms in total. The first-order valence-electron chi connectivity index (χ1n) is 4.81. The third-order valence-electron chi connectivity index (χ3n) is 1.95. The van der Waals surface area contributed by atoms with E-state index in [-0.39, 0.29) is 0 Å². The Morgan fingerprint density at radius 2 is 2.07 bits per heavy atom. The summed E-state index contributed by atoms with van der Waals surface area (Å²) >= 11 is 0. The topological polar surface area (TPSA) is 35.0 Å². The fourth-order valence-corrected chi connectivity index (χ4v) is 1.26. The van der Waals surface area contributed by atoms with Gasteiger partial charge in [0.2, 0.25) is 5.88 Å². The van der Waals surface area contributed by atoms with Gasteiger partial charge in [0.15, 0.2) is 0 Å². The van der Waals surface area contributed by atoms with Crippen molar-refractivity contribution in [1.82, 2.24) is 9.97 Å². The van der Waals surface area contributed by atoms with Crippen molar-refractivity contribution in [3.8, 4) is 5.88 Å². The highest BCUT2D eigenvalue weighted by Gasteiger charge is 1.97. The quantitative estimate of drug-likeness (QED) is 0.762. The summed E-state index contributed by atoms with van der Waals surface area (Å²) in [6, 6.07) is 11.5. The first-order valence-corrected chi connectivity index (χ1v) is 4.81. The molecular formula is C12H12N2O. The molecule has 0 aliphatic heterocycles. The van der Waals surface area contributed by atoms with Crippen LogP contribution >= 0.6 is 0 Å². The Bertz CT molecular complexity index is 429. The molecule has 0 bridgehead atoms. The summed E-state index contributed by atoms with van der Waals surface area (Å²) in [5.74, 6) is 0.626. The van der Waals surface area contributed by atoms with Crippen LogP contribution in [0.1, 0.15) is 11.4 Å². The number of pyridine rings is 2. The molecule has 2 heterocycles. The first-order chi connectivity index (χ1) is 7.34. The van der Waals surface area contributed by atoms with Crippen LogP contribution < -0.4 is 4.74 Å². The number of hydrogen-bond acceptors (Lipinski definition) is 3. The second-order valence-electron chi connectivity index (χ2n) is 3.23. The minimum absolute atomic E-state index is 0.457. The molecule has 0 saturated heterocycles. The molecule has 2 rings (SSSR count). The van der Waals surface area contributed by atoms with E-state index >= 15 is 0 Å². The monoisotopic (exact) mass is 200 g/mol. The Morgan fingerprint density at radius 3 is 2.80 bits per heavy atom. The molecule has 0 aromatic carbocycles. The number of ether oxygens (including phenoxy) is 1. The van der Waals surface area contributed by atoms with E-state index in [4.69, 9.17) is 4.74 Å².